The topological polar surface area (TPSA) is 58.6 Å². The number of methoxy groups -OCH3 is 1. The Bertz CT molecular complexity index is 601. The molecule has 1 aromatic rings. The smallest absolute Gasteiger partial charge is 0.249 e. The number of nitrogens with one attached hydrogen (secondary N) is 1. The van der Waals surface area contributed by atoms with E-state index in [2.05, 4.69) is 5.32 Å². The summed E-state index contributed by atoms with van der Waals surface area (Å²) in [6, 6.07) is 5.78. The number of nitrogens with zero attached hydrogens (tertiary/aromatic N) is 1. The third kappa shape index (κ3) is 4.64. The maximum absolute atomic E-state index is 12.9. The number of benzene rings is 1. The van der Waals surface area contributed by atoms with Gasteiger partial charge in [0.25, 0.3) is 0 Å². The minimum Gasteiger partial charge on any atom is -0.375 e. The highest BCUT2D eigenvalue weighted by atomic mass is 19.1. The van der Waals surface area contributed by atoms with Crippen molar-refractivity contribution in [3.8, 4) is 0 Å². The molecule has 1 aliphatic heterocycles. The van der Waals surface area contributed by atoms with E-state index in [-0.39, 0.29) is 36.2 Å². The van der Waals surface area contributed by atoms with Crippen LogP contribution in [0.1, 0.15) is 18.9 Å². The minimum absolute atomic E-state index is 0.00208. The second-order valence-corrected chi connectivity index (χ2v) is 5.88. The summed E-state index contributed by atoms with van der Waals surface area (Å²) in [5.74, 6) is -0.883. The van der Waals surface area contributed by atoms with Crippen molar-refractivity contribution in [1.82, 2.24) is 10.2 Å². The van der Waals surface area contributed by atoms with Crippen molar-refractivity contribution >= 4 is 11.8 Å². The molecule has 0 saturated heterocycles. The molecule has 24 heavy (non-hydrogen) atoms. The average Bonchev–Trinajstić information content (AvgIpc) is 2.76. The third-order valence-electron chi connectivity index (χ3n) is 4.24. The van der Waals surface area contributed by atoms with Crippen LogP contribution in [-0.4, -0.2) is 43.0 Å². The van der Waals surface area contributed by atoms with E-state index in [1.807, 2.05) is 19.1 Å². The molecule has 0 unspecified atom stereocenters. The largest absolute Gasteiger partial charge is 0.375 e. The summed E-state index contributed by atoms with van der Waals surface area (Å²) in [6.07, 6.45) is 4.41. The van der Waals surface area contributed by atoms with E-state index in [4.69, 9.17) is 4.74 Å². The molecule has 2 amide bonds. The number of halogens is 1. The molecule has 1 aliphatic rings. The van der Waals surface area contributed by atoms with Gasteiger partial charge in [-0.15, -0.1) is 0 Å². The first-order valence-electron chi connectivity index (χ1n) is 7.98. The number of amides is 2. The second-order valence-electron chi connectivity index (χ2n) is 5.88. The van der Waals surface area contributed by atoms with Gasteiger partial charge in [0.15, 0.2) is 0 Å². The molecule has 1 N–H and O–H groups in total. The number of ether oxygens (including phenoxy) is 1. The maximum Gasteiger partial charge on any atom is 0.249 e. The molecule has 0 aliphatic carbocycles. The molecule has 0 saturated carbocycles. The Morgan fingerprint density at radius 2 is 2.00 bits per heavy atom. The zero-order chi connectivity index (χ0) is 17.5. The highest BCUT2D eigenvalue weighted by Crippen LogP contribution is 2.20. The quantitative estimate of drug-likeness (QED) is 0.837. The molecule has 0 spiro atoms. The molecule has 6 heteroatoms. The van der Waals surface area contributed by atoms with Crippen LogP contribution >= 0.6 is 0 Å². The SMILES string of the molecule is COCC(=O)N1CC=CC[C@H](C(=O)NCc2ccc(F)cc2)[C@H]1C. The van der Waals surface area contributed by atoms with E-state index in [0.717, 1.165) is 5.56 Å². The highest BCUT2D eigenvalue weighted by Gasteiger charge is 2.32. The molecule has 1 heterocycles. The monoisotopic (exact) mass is 334 g/mol. The molecule has 2 atom stereocenters. The summed E-state index contributed by atoms with van der Waals surface area (Å²) in [6.45, 7) is 2.69. The summed E-state index contributed by atoms with van der Waals surface area (Å²) < 4.78 is 17.8. The van der Waals surface area contributed by atoms with E-state index in [1.54, 1.807) is 17.0 Å². The Hall–Kier alpha value is -2.21. The fourth-order valence-electron chi connectivity index (χ4n) is 2.80. The molecule has 1 aromatic carbocycles. The Balaban J connectivity index is 1.99. The van der Waals surface area contributed by atoms with Crippen molar-refractivity contribution in [2.75, 3.05) is 20.3 Å². The molecule has 5 nitrogen and oxygen atoms in total. The van der Waals surface area contributed by atoms with E-state index in [0.29, 0.717) is 19.5 Å². The number of allylic oxidation sites excluding steroid dienone is 1. The van der Waals surface area contributed by atoms with Crippen molar-refractivity contribution < 1.29 is 18.7 Å². The number of carbonyl (C=O) groups excluding carboxylic acids is 2. The molecular weight excluding hydrogens is 311 g/mol. The van der Waals surface area contributed by atoms with Crippen LogP contribution in [0, 0.1) is 11.7 Å². The fraction of sp³-hybridized carbons (Fsp3) is 0.444. The number of rotatable bonds is 5. The van der Waals surface area contributed by atoms with Crippen molar-refractivity contribution in [3.05, 3.63) is 47.8 Å². The third-order valence-corrected chi connectivity index (χ3v) is 4.24. The van der Waals surface area contributed by atoms with Crippen molar-refractivity contribution in [2.45, 2.75) is 25.9 Å². The first kappa shape index (κ1) is 18.1. The molecule has 2 rings (SSSR count). The van der Waals surface area contributed by atoms with Gasteiger partial charge in [-0.3, -0.25) is 9.59 Å². The first-order valence-corrected chi connectivity index (χ1v) is 7.98. The fourth-order valence-corrected chi connectivity index (χ4v) is 2.80. The van der Waals surface area contributed by atoms with Crippen LogP contribution in [0.4, 0.5) is 4.39 Å². The van der Waals surface area contributed by atoms with Gasteiger partial charge in [0.05, 0.1) is 5.92 Å². The average molecular weight is 334 g/mol. The maximum atomic E-state index is 12.9. The van der Waals surface area contributed by atoms with E-state index in [1.165, 1.54) is 19.2 Å². The summed E-state index contributed by atoms with van der Waals surface area (Å²) in [5, 5.41) is 2.87. The second kappa shape index (κ2) is 8.59. The zero-order valence-electron chi connectivity index (χ0n) is 14.0. The molecular formula is C18H23FN2O3. The van der Waals surface area contributed by atoms with Gasteiger partial charge in [-0.25, -0.2) is 4.39 Å². The lowest BCUT2D eigenvalue weighted by atomic mass is 9.95. The van der Waals surface area contributed by atoms with Crippen molar-refractivity contribution in [2.24, 2.45) is 5.92 Å². The van der Waals surface area contributed by atoms with E-state index in [9.17, 15) is 14.0 Å². The number of hydrogen-bond acceptors (Lipinski definition) is 3. The Morgan fingerprint density at radius 3 is 2.67 bits per heavy atom. The van der Waals surface area contributed by atoms with Gasteiger partial charge in [0.1, 0.15) is 12.4 Å². The molecule has 0 radical (unpaired) electrons. The van der Waals surface area contributed by atoms with Crippen molar-refractivity contribution in [3.63, 3.8) is 0 Å². The van der Waals surface area contributed by atoms with Gasteiger partial charge < -0.3 is 15.0 Å². The molecule has 0 aromatic heterocycles. The summed E-state index contributed by atoms with van der Waals surface area (Å²) >= 11 is 0. The summed E-state index contributed by atoms with van der Waals surface area (Å²) in [4.78, 5) is 26.3. The van der Waals surface area contributed by atoms with Crippen LogP contribution in [0.3, 0.4) is 0 Å². The van der Waals surface area contributed by atoms with Gasteiger partial charge in [0, 0.05) is 26.2 Å². The predicted molar refractivity (Wildman–Crippen MR) is 88.5 cm³/mol. The Labute approximate surface area is 141 Å². The van der Waals surface area contributed by atoms with Crippen LogP contribution in [0.25, 0.3) is 0 Å². The Morgan fingerprint density at radius 1 is 1.29 bits per heavy atom. The number of carbonyl (C=O) groups is 2. The lowest BCUT2D eigenvalue weighted by Crippen LogP contribution is -2.48. The molecule has 0 bridgehead atoms. The van der Waals surface area contributed by atoms with Gasteiger partial charge in [-0.05, 0) is 31.0 Å². The van der Waals surface area contributed by atoms with Gasteiger partial charge in [0.2, 0.25) is 11.8 Å². The van der Waals surface area contributed by atoms with Gasteiger partial charge in [-0.1, -0.05) is 24.3 Å². The molecule has 130 valence electrons. The summed E-state index contributed by atoms with van der Waals surface area (Å²) in [7, 11) is 1.48. The predicted octanol–water partition coefficient (Wildman–Crippen LogP) is 1.88. The van der Waals surface area contributed by atoms with Gasteiger partial charge in [-0.2, -0.15) is 0 Å². The zero-order valence-corrected chi connectivity index (χ0v) is 14.0. The normalized spacial score (nSPS) is 20.5. The van der Waals surface area contributed by atoms with Crippen molar-refractivity contribution in [1.29, 1.82) is 0 Å². The van der Waals surface area contributed by atoms with E-state index >= 15 is 0 Å². The van der Waals surface area contributed by atoms with Gasteiger partial charge >= 0.3 is 0 Å². The first-order chi connectivity index (χ1) is 11.5. The van der Waals surface area contributed by atoms with Crippen LogP contribution in [0.15, 0.2) is 36.4 Å². The van der Waals surface area contributed by atoms with Crippen LogP contribution in [0.5, 0.6) is 0 Å². The van der Waals surface area contributed by atoms with Crippen LogP contribution in [-0.2, 0) is 20.9 Å². The van der Waals surface area contributed by atoms with E-state index < -0.39 is 0 Å². The standard InChI is InChI=1S/C18H23FN2O3/c1-13-16(5-3-4-10-21(13)17(22)12-24-2)18(23)20-11-14-6-8-15(19)9-7-14/h3-4,6-9,13,16H,5,10-12H2,1-2H3,(H,20,23)/t13-,16+/m1/s1. The lowest BCUT2D eigenvalue weighted by Gasteiger charge is -2.31. The lowest BCUT2D eigenvalue weighted by molar-refractivity contribution is -0.139. The highest BCUT2D eigenvalue weighted by molar-refractivity contribution is 5.82. The van der Waals surface area contributed by atoms with Crippen LogP contribution < -0.4 is 5.32 Å². The Kier molecular flexibility index (Phi) is 6.49. The number of hydrogen-bond donors (Lipinski definition) is 1. The minimum atomic E-state index is -0.329. The van der Waals surface area contributed by atoms with Crippen LogP contribution in [0.2, 0.25) is 0 Å². The molecule has 0 fully saturated rings. The summed E-state index contributed by atoms with van der Waals surface area (Å²) in [5.41, 5.74) is 0.828.